The smallest absolute Gasteiger partial charge is 0.234 e. The Hall–Kier alpha value is -1.90. The first-order valence-electron chi connectivity index (χ1n) is 7.80. The summed E-state index contributed by atoms with van der Waals surface area (Å²) in [5.41, 5.74) is 1.32. The topological polar surface area (TPSA) is 37.4 Å². The van der Waals surface area contributed by atoms with Crippen LogP contribution in [0.2, 0.25) is 0 Å². The lowest BCUT2D eigenvalue weighted by molar-refractivity contribution is -0.141. The number of allylic oxidation sites excluding steroid dienone is 2. The van der Waals surface area contributed by atoms with Crippen LogP contribution >= 0.6 is 0 Å². The Balaban J connectivity index is 1.48. The molecule has 0 radical (unpaired) electrons. The first kappa shape index (κ1) is 11.7. The zero-order chi connectivity index (χ0) is 14.2. The summed E-state index contributed by atoms with van der Waals surface area (Å²) in [5, 5.41) is 0. The van der Waals surface area contributed by atoms with Crippen molar-refractivity contribution in [3.05, 3.63) is 48.0 Å². The van der Waals surface area contributed by atoms with Crippen molar-refractivity contribution in [2.24, 2.45) is 29.1 Å². The third-order valence-corrected chi connectivity index (χ3v) is 6.13. The summed E-state index contributed by atoms with van der Waals surface area (Å²) < 4.78 is 0. The highest BCUT2D eigenvalue weighted by atomic mass is 16.2. The number of benzene rings is 1. The van der Waals surface area contributed by atoms with Crippen molar-refractivity contribution in [1.82, 2.24) is 4.90 Å². The third kappa shape index (κ3) is 1.30. The molecule has 21 heavy (non-hydrogen) atoms. The minimum absolute atomic E-state index is 0.0666. The summed E-state index contributed by atoms with van der Waals surface area (Å²) >= 11 is 0. The van der Waals surface area contributed by atoms with Gasteiger partial charge in [-0.1, -0.05) is 42.5 Å². The molecule has 1 saturated heterocycles. The molecule has 3 nitrogen and oxygen atoms in total. The van der Waals surface area contributed by atoms with Gasteiger partial charge < -0.3 is 0 Å². The molecule has 2 saturated carbocycles. The van der Waals surface area contributed by atoms with Crippen LogP contribution in [0.15, 0.2) is 42.5 Å². The molecule has 106 valence electrons. The highest BCUT2D eigenvalue weighted by molar-refractivity contribution is 6.06. The van der Waals surface area contributed by atoms with Gasteiger partial charge in [-0.25, -0.2) is 0 Å². The fourth-order valence-corrected chi connectivity index (χ4v) is 5.06. The Morgan fingerprint density at radius 3 is 2.05 bits per heavy atom. The number of amides is 2. The average molecular weight is 279 g/mol. The predicted molar refractivity (Wildman–Crippen MR) is 76.8 cm³/mol. The Bertz CT molecular complexity index is 640. The minimum atomic E-state index is -0.0706. The van der Waals surface area contributed by atoms with Gasteiger partial charge in [0.15, 0.2) is 0 Å². The molecule has 3 heteroatoms. The molecule has 5 rings (SSSR count). The molecule has 4 atom stereocenters. The van der Waals surface area contributed by atoms with E-state index in [2.05, 4.69) is 12.2 Å². The second-order valence-corrected chi connectivity index (χ2v) is 6.97. The van der Waals surface area contributed by atoms with Crippen LogP contribution in [-0.2, 0) is 16.1 Å². The van der Waals surface area contributed by atoms with E-state index in [9.17, 15) is 9.59 Å². The van der Waals surface area contributed by atoms with Gasteiger partial charge in [-0.3, -0.25) is 14.5 Å². The summed E-state index contributed by atoms with van der Waals surface area (Å²) in [4.78, 5) is 27.1. The van der Waals surface area contributed by atoms with Crippen molar-refractivity contribution in [2.75, 3.05) is 0 Å². The van der Waals surface area contributed by atoms with Crippen molar-refractivity contribution >= 4 is 11.8 Å². The first-order chi connectivity index (χ1) is 10.2. The third-order valence-electron chi connectivity index (χ3n) is 6.13. The molecular formula is C18H17NO2. The number of likely N-dealkylation sites (tertiary alicyclic amines) is 1. The molecule has 1 spiro atoms. The molecule has 2 amide bonds. The highest BCUT2D eigenvalue weighted by Crippen LogP contribution is 2.73. The van der Waals surface area contributed by atoms with Crippen LogP contribution in [0.25, 0.3) is 0 Å². The van der Waals surface area contributed by atoms with Crippen molar-refractivity contribution in [3.8, 4) is 0 Å². The van der Waals surface area contributed by atoms with Crippen LogP contribution in [0.1, 0.15) is 18.4 Å². The zero-order valence-electron chi connectivity index (χ0n) is 11.7. The van der Waals surface area contributed by atoms with Gasteiger partial charge >= 0.3 is 0 Å². The largest absolute Gasteiger partial charge is 0.278 e. The average Bonchev–Trinajstić information content (AvgIpc) is 3.11. The van der Waals surface area contributed by atoms with Crippen molar-refractivity contribution in [2.45, 2.75) is 19.4 Å². The maximum absolute atomic E-state index is 12.8. The molecule has 3 unspecified atom stereocenters. The second-order valence-electron chi connectivity index (χ2n) is 6.97. The molecular weight excluding hydrogens is 262 g/mol. The molecule has 2 bridgehead atoms. The van der Waals surface area contributed by atoms with Crippen molar-refractivity contribution in [3.63, 3.8) is 0 Å². The van der Waals surface area contributed by atoms with E-state index < -0.39 is 0 Å². The predicted octanol–water partition coefficient (Wildman–Crippen LogP) is 2.38. The maximum Gasteiger partial charge on any atom is 0.234 e. The number of carbonyl (C=O) groups excluding carboxylic acids is 2. The van der Waals surface area contributed by atoms with Crippen LogP contribution < -0.4 is 0 Å². The summed E-state index contributed by atoms with van der Waals surface area (Å²) in [6.45, 7) is 0.429. The second kappa shape index (κ2) is 3.65. The molecule has 1 aromatic rings. The Kier molecular flexibility index (Phi) is 2.04. The Morgan fingerprint density at radius 2 is 1.52 bits per heavy atom. The highest BCUT2D eigenvalue weighted by Gasteiger charge is 2.73. The quantitative estimate of drug-likeness (QED) is 0.616. The SMILES string of the molecule is O=C1C2C3C=CC([C@H]2C(=O)N1Cc1ccccc1)C31CC1. The molecule has 4 aliphatic rings. The number of carbonyl (C=O) groups is 2. The van der Waals surface area contributed by atoms with Crippen LogP contribution in [-0.4, -0.2) is 16.7 Å². The van der Waals surface area contributed by atoms with Crippen molar-refractivity contribution < 1.29 is 9.59 Å². The summed E-state index contributed by atoms with van der Waals surface area (Å²) in [5.74, 6) is 0.640. The fourth-order valence-electron chi connectivity index (χ4n) is 5.06. The van der Waals surface area contributed by atoms with Crippen LogP contribution in [0.3, 0.4) is 0 Å². The van der Waals surface area contributed by atoms with E-state index in [1.54, 1.807) is 0 Å². The molecule has 1 aliphatic heterocycles. The van der Waals surface area contributed by atoms with Crippen LogP contribution in [0.5, 0.6) is 0 Å². The van der Waals surface area contributed by atoms with Gasteiger partial charge in [-0.15, -0.1) is 0 Å². The van der Waals surface area contributed by atoms with E-state index in [-0.39, 0.29) is 23.7 Å². The molecule has 1 heterocycles. The first-order valence-corrected chi connectivity index (χ1v) is 7.80. The lowest BCUT2D eigenvalue weighted by Gasteiger charge is -2.21. The Morgan fingerprint density at radius 1 is 0.952 bits per heavy atom. The van der Waals surface area contributed by atoms with E-state index in [0.29, 0.717) is 23.8 Å². The van der Waals surface area contributed by atoms with Gasteiger partial charge in [0.25, 0.3) is 0 Å². The fraction of sp³-hybridized carbons (Fsp3) is 0.444. The van der Waals surface area contributed by atoms with Gasteiger partial charge in [0.2, 0.25) is 11.8 Å². The summed E-state index contributed by atoms with van der Waals surface area (Å²) in [6, 6.07) is 9.80. The minimum Gasteiger partial charge on any atom is -0.278 e. The summed E-state index contributed by atoms with van der Waals surface area (Å²) in [6.07, 6.45) is 6.83. The lowest BCUT2D eigenvalue weighted by Crippen LogP contribution is -2.34. The number of rotatable bonds is 2. The van der Waals surface area contributed by atoms with Gasteiger partial charge in [0.1, 0.15) is 0 Å². The molecule has 3 fully saturated rings. The molecule has 3 aliphatic carbocycles. The maximum atomic E-state index is 12.8. The van der Waals surface area contributed by atoms with E-state index in [1.807, 2.05) is 30.3 Å². The van der Waals surface area contributed by atoms with Crippen LogP contribution in [0.4, 0.5) is 0 Å². The number of hydrogen-bond donors (Lipinski definition) is 0. The normalized spacial score (nSPS) is 37.6. The standard InChI is InChI=1S/C18H17NO2/c20-16-14-12-6-7-13(18(12)8-9-18)15(14)17(21)19(16)10-11-4-2-1-3-5-11/h1-7,12-15H,8-10H2/t12?,13?,14-,15?/m1/s1. The zero-order valence-corrected chi connectivity index (χ0v) is 11.7. The van der Waals surface area contributed by atoms with E-state index in [0.717, 1.165) is 5.56 Å². The molecule has 1 aromatic carbocycles. The van der Waals surface area contributed by atoms with Gasteiger partial charge in [0, 0.05) is 0 Å². The van der Waals surface area contributed by atoms with E-state index >= 15 is 0 Å². The van der Waals surface area contributed by atoms with Gasteiger partial charge in [0.05, 0.1) is 18.4 Å². The van der Waals surface area contributed by atoms with Gasteiger partial charge in [-0.05, 0) is 35.7 Å². The molecule has 0 aromatic heterocycles. The number of fused-ring (bicyclic) bond motifs is 3. The summed E-state index contributed by atoms with van der Waals surface area (Å²) in [7, 11) is 0. The monoisotopic (exact) mass is 279 g/mol. The van der Waals surface area contributed by atoms with Crippen LogP contribution in [0, 0.1) is 29.1 Å². The molecule has 0 N–H and O–H groups in total. The van der Waals surface area contributed by atoms with Crippen molar-refractivity contribution in [1.29, 1.82) is 0 Å². The number of hydrogen-bond acceptors (Lipinski definition) is 2. The number of imide groups is 1. The van der Waals surface area contributed by atoms with E-state index in [1.165, 1.54) is 17.7 Å². The number of nitrogens with zero attached hydrogens (tertiary/aromatic N) is 1. The van der Waals surface area contributed by atoms with Gasteiger partial charge in [-0.2, -0.15) is 0 Å². The van der Waals surface area contributed by atoms with E-state index in [4.69, 9.17) is 0 Å². The lowest BCUT2D eigenvalue weighted by atomic mass is 9.85. The Labute approximate surface area is 123 Å².